The first-order chi connectivity index (χ1) is 25.0. The number of carbonyl (C=O) groups excluding carboxylic acids is 1. The minimum atomic E-state index is -4.50. The monoisotopic (exact) mass is 722 g/mol. The molecule has 0 saturated heterocycles. The fourth-order valence-electron chi connectivity index (χ4n) is 4.93. The van der Waals surface area contributed by atoms with E-state index in [1.54, 1.807) is 79.7 Å². The number of ether oxygens (including phenoxy) is 3. The van der Waals surface area contributed by atoms with Crippen LogP contribution in [0.15, 0.2) is 107 Å². The second-order valence-corrected chi connectivity index (χ2v) is 14.0. The number of rotatable bonds is 11. The minimum absolute atomic E-state index is 0.00180. The summed E-state index contributed by atoms with van der Waals surface area (Å²) in [5.74, 6) is -0.296. The molecule has 0 spiro atoms. The molecule has 6 rings (SSSR count). The lowest BCUT2D eigenvalue weighted by Crippen LogP contribution is -2.36. The average molecular weight is 723 g/mol. The second-order valence-electron chi connectivity index (χ2n) is 12.1. The third-order valence-corrected chi connectivity index (χ3v) is 9.24. The maximum absolute atomic E-state index is 14.7. The Morgan fingerprint density at radius 3 is 2.21 bits per heavy atom. The van der Waals surface area contributed by atoms with Crippen LogP contribution < -0.4 is 19.4 Å². The Labute approximate surface area is 299 Å². The lowest BCUT2D eigenvalue weighted by Gasteiger charge is -2.23. The normalized spacial score (nSPS) is 11.5. The summed E-state index contributed by atoms with van der Waals surface area (Å²) in [7, 11) is -3.06. The van der Waals surface area contributed by atoms with Gasteiger partial charge in [0.2, 0.25) is 26.4 Å². The van der Waals surface area contributed by atoms with E-state index in [-0.39, 0.29) is 45.9 Å². The van der Waals surface area contributed by atoms with E-state index in [0.29, 0.717) is 11.1 Å². The van der Waals surface area contributed by atoms with Gasteiger partial charge in [-0.15, -0.1) is 10.2 Å². The van der Waals surface area contributed by atoms with E-state index in [4.69, 9.17) is 19.0 Å². The van der Waals surface area contributed by atoms with E-state index in [9.17, 15) is 13.2 Å². The fourth-order valence-corrected chi connectivity index (χ4v) is 6.23. The van der Waals surface area contributed by atoms with Gasteiger partial charge in [-0.25, -0.2) is 23.2 Å². The molecule has 1 amide bonds. The maximum Gasteiger partial charge on any atom is 0.449 e. The zero-order valence-corrected chi connectivity index (χ0v) is 29.7. The minimum Gasteiger partial charge on any atom is -0.493 e. The van der Waals surface area contributed by atoms with Crippen molar-refractivity contribution < 1.29 is 32.3 Å². The Morgan fingerprint density at radius 1 is 0.865 bits per heavy atom. The number of aromatic nitrogens is 7. The molecule has 0 aliphatic rings. The summed E-state index contributed by atoms with van der Waals surface area (Å²) in [6.07, 6.45) is 0.495. The van der Waals surface area contributed by atoms with E-state index >= 15 is 0 Å². The molecule has 15 nitrogen and oxygen atoms in total. The Bertz CT molecular complexity index is 2280. The summed E-state index contributed by atoms with van der Waals surface area (Å²) >= 11 is 0. The van der Waals surface area contributed by atoms with Crippen LogP contribution in [0.4, 0.5) is 10.6 Å². The number of carbonyl (C=O) groups is 1. The number of hydrogen-bond donors (Lipinski definition) is 1. The number of hydrogen-bond acceptors (Lipinski definition) is 13. The molecular weight excluding hydrogens is 689 g/mol. The number of nitrogens with one attached hydrogen (secondary N) is 1. The van der Waals surface area contributed by atoms with Gasteiger partial charge in [0.25, 0.3) is 5.88 Å². The number of amides is 1. The number of methoxy groups -OCH3 is 1. The number of nitrogens with zero attached hydrogens (tertiary/aromatic N) is 7. The number of pyridine rings is 1. The lowest BCUT2D eigenvalue weighted by atomic mass is 9.87. The highest BCUT2D eigenvalue weighted by molar-refractivity contribution is 7.91. The molecule has 3 aromatic heterocycles. The van der Waals surface area contributed by atoms with Crippen molar-refractivity contribution in [3.05, 3.63) is 103 Å². The zero-order valence-electron chi connectivity index (χ0n) is 28.8. The van der Waals surface area contributed by atoms with E-state index in [1.165, 1.54) is 31.5 Å². The van der Waals surface area contributed by atoms with Crippen molar-refractivity contribution in [1.29, 1.82) is 0 Å². The number of tetrazole rings is 1. The molecular formula is C36H34N8O7S. The molecule has 0 fully saturated rings. The molecule has 52 heavy (non-hydrogen) atoms. The van der Waals surface area contributed by atoms with Gasteiger partial charge in [-0.3, -0.25) is 0 Å². The summed E-state index contributed by atoms with van der Waals surface area (Å²) in [5.41, 5.74) is 1.57. The smallest absolute Gasteiger partial charge is 0.449 e. The highest BCUT2D eigenvalue weighted by Gasteiger charge is 2.34. The molecule has 3 aromatic carbocycles. The molecule has 0 aliphatic heterocycles. The van der Waals surface area contributed by atoms with Crippen LogP contribution in [0.3, 0.4) is 0 Å². The summed E-state index contributed by atoms with van der Waals surface area (Å²) in [6, 6.07) is 24.6. The SMILES string of the molecule is CCOC(=O)N(Oc1nc(-c2cccc(-c3nn[nH]n3)c2)nc(S(=O)(=O)c2ccc(C(C)(C)C)cc2)c1Oc1ccccc1OC)c1ccccn1. The lowest BCUT2D eigenvalue weighted by molar-refractivity contribution is 0.128. The fraction of sp³-hybridized carbons (Fsp3) is 0.194. The summed E-state index contributed by atoms with van der Waals surface area (Å²) in [5, 5.41) is 14.3. The van der Waals surface area contributed by atoms with Gasteiger partial charge in [-0.2, -0.15) is 10.2 Å². The van der Waals surface area contributed by atoms with Crippen molar-refractivity contribution in [3.8, 4) is 45.9 Å². The quantitative estimate of drug-likeness (QED) is 0.111. The van der Waals surface area contributed by atoms with Crippen LogP contribution in [-0.4, -0.2) is 63.8 Å². The van der Waals surface area contributed by atoms with Crippen molar-refractivity contribution in [2.45, 2.75) is 43.0 Å². The van der Waals surface area contributed by atoms with Crippen molar-refractivity contribution in [3.63, 3.8) is 0 Å². The molecule has 3 heterocycles. The molecule has 6 aromatic rings. The van der Waals surface area contributed by atoms with Gasteiger partial charge in [0, 0.05) is 17.3 Å². The number of anilines is 1. The van der Waals surface area contributed by atoms with Crippen molar-refractivity contribution in [2.75, 3.05) is 18.8 Å². The van der Waals surface area contributed by atoms with Crippen LogP contribution in [0.5, 0.6) is 23.1 Å². The maximum atomic E-state index is 14.7. The van der Waals surface area contributed by atoms with Crippen LogP contribution >= 0.6 is 0 Å². The molecule has 1 N–H and O–H groups in total. The van der Waals surface area contributed by atoms with Crippen LogP contribution in [-0.2, 0) is 20.0 Å². The summed E-state index contributed by atoms with van der Waals surface area (Å²) < 4.78 is 46.6. The van der Waals surface area contributed by atoms with Gasteiger partial charge in [0.15, 0.2) is 23.1 Å². The first-order valence-corrected chi connectivity index (χ1v) is 17.5. The van der Waals surface area contributed by atoms with Gasteiger partial charge in [0.05, 0.1) is 18.6 Å². The van der Waals surface area contributed by atoms with E-state index in [1.807, 2.05) is 20.8 Å². The van der Waals surface area contributed by atoms with E-state index < -0.39 is 32.6 Å². The Kier molecular flexibility index (Phi) is 10.1. The highest BCUT2D eigenvalue weighted by atomic mass is 32.2. The third kappa shape index (κ3) is 7.51. The van der Waals surface area contributed by atoms with Crippen molar-refractivity contribution in [1.82, 2.24) is 35.6 Å². The van der Waals surface area contributed by atoms with Crippen LogP contribution in [0, 0.1) is 0 Å². The number of hydroxylamine groups is 1. The summed E-state index contributed by atoms with van der Waals surface area (Å²) in [6.45, 7) is 7.69. The predicted molar refractivity (Wildman–Crippen MR) is 189 cm³/mol. The summed E-state index contributed by atoms with van der Waals surface area (Å²) in [4.78, 5) is 32.9. The van der Waals surface area contributed by atoms with Crippen LogP contribution in [0.1, 0.15) is 33.3 Å². The molecule has 266 valence electrons. The van der Waals surface area contributed by atoms with Gasteiger partial charge >= 0.3 is 6.09 Å². The highest BCUT2D eigenvalue weighted by Crippen LogP contribution is 2.43. The van der Waals surface area contributed by atoms with E-state index in [0.717, 1.165) is 10.6 Å². The van der Waals surface area contributed by atoms with Gasteiger partial charge in [0.1, 0.15) is 0 Å². The van der Waals surface area contributed by atoms with Gasteiger partial charge in [-0.1, -0.05) is 74.4 Å². The standard InChI is InChI=1S/C36H34N8O7S/c1-6-49-35(45)44(29-16-9-10-21-37-29)51-33-30(50-28-15-8-7-14-27(28)48-5)34(52(46,47)26-19-17-25(18-20-26)36(2,3)4)39-31(38-33)23-12-11-13-24(22-23)32-40-42-43-41-32/h7-22H,6H2,1-5H3,(H,40,41,42,43). The molecule has 0 radical (unpaired) electrons. The topological polar surface area (TPSA) is 184 Å². The van der Waals surface area contributed by atoms with Crippen molar-refractivity contribution >= 4 is 21.7 Å². The van der Waals surface area contributed by atoms with Crippen LogP contribution in [0.2, 0.25) is 0 Å². The Hall–Kier alpha value is -6.42. The van der Waals surface area contributed by atoms with E-state index in [2.05, 4.69) is 35.6 Å². The van der Waals surface area contributed by atoms with Crippen LogP contribution in [0.25, 0.3) is 22.8 Å². The first-order valence-electron chi connectivity index (χ1n) is 16.0. The number of benzene rings is 3. The number of para-hydroxylation sites is 2. The molecule has 0 saturated carbocycles. The molecule has 0 aliphatic carbocycles. The second kappa shape index (κ2) is 14.8. The molecule has 16 heteroatoms. The Balaban J connectivity index is 1.63. The number of H-pyrrole nitrogens is 1. The third-order valence-electron chi connectivity index (χ3n) is 7.56. The Morgan fingerprint density at radius 2 is 1.58 bits per heavy atom. The van der Waals surface area contributed by atoms with Gasteiger partial charge < -0.3 is 19.0 Å². The predicted octanol–water partition coefficient (Wildman–Crippen LogP) is 6.61. The van der Waals surface area contributed by atoms with Crippen molar-refractivity contribution in [2.24, 2.45) is 0 Å². The molecule has 0 atom stereocenters. The molecule has 0 unspecified atom stereocenters. The molecule has 0 bridgehead atoms. The number of aromatic amines is 1. The van der Waals surface area contributed by atoms with Gasteiger partial charge in [-0.05, 0) is 65.6 Å². The zero-order chi connectivity index (χ0) is 36.9. The average Bonchev–Trinajstić information content (AvgIpc) is 3.70. The first kappa shape index (κ1) is 35.4. The largest absolute Gasteiger partial charge is 0.493 e. The number of sulfone groups is 1.